The monoisotopic (exact) mass is 348 g/mol. The summed E-state index contributed by atoms with van der Waals surface area (Å²) in [4.78, 5) is 14.5. The van der Waals surface area contributed by atoms with E-state index in [4.69, 9.17) is 0 Å². The minimum atomic E-state index is -0.0532. The van der Waals surface area contributed by atoms with Crippen LogP contribution < -0.4 is 5.32 Å². The van der Waals surface area contributed by atoms with Gasteiger partial charge in [0.1, 0.15) is 4.83 Å². The van der Waals surface area contributed by atoms with Crippen molar-refractivity contribution in [1.82, 2.24) is 4.57 Å². The molecule has 4 rings (SSSR count). The Hall–Kier alpha value is -2.59. The molecular formula is C21H20N2OS. The van der Waals surface area contributed by atoms with Crippen molar-refractivity contribution in [3.8, 4) is 0 Å². The van der Waals surface area contributed by atoms with E-state index >= 15 is 0 Å². The van der Waals surface area contributed by atoms with Crippen molar-refractivity contribution in [1.29, 1.82) is 0 Å². The number of para-hydroxylation sites is 1. The molecule has 3 nitrogen and oxygen atoms in total. The van der Waals surface area contributed by atoms with Gasteiger partial charge in [0.25, 0.3) is 5.91 Å². The van der Waals surface area contributed by atoms with E-state index in [0.717, 1.165) is 20.8 Å². The molecule has 2 heterocycles. The quantitative estimate of drug-likeness (QED) is 0.501. The normalized spacial score (nSPS) is 11.5. The number of carbonyl (C=O) groups is 1. The molecule has 2 aromatic carbocycles. The van der Waals surface area contributed by atoms with E-state index in [1.807, 2.05) is 37.4 Å². The molecule has 0 saturated carbocycles. The average molecular weight is 348 g/mol. The van der Waals surface area contributed by atoms with Crippen LogP contribution in [0, 0.1) is 0 Å². The molecule has 4 heteroatoms. The molecule has 126 valence electrons. The summed E-state index contributed by atoms with van der Waals surface area (Å²) in [5, 5.41) is 5.34. The van der Waals surface area contributed by atoms with Gasteiger partial charge < -0.3 is 9.88 Å². The Morgan fingerprint density at radius 1 is 1.04 bits per heavy atom. The summed E-state index contributed by atoms with van der Waals surface area (Å²) in [7, 11) is 2.05. The zero-order valence-corrected chi connectivity index (χ0v) is 15.4. The molecule has 1 amide bonds. The van der Waals surface area contributed by atoms with E-state index < -0.39 is 0 Å². The minimum absolute atomic E-state index is 0.0532. The van der Waals surface area contributed by atoms with Crippen molar-refractivity contribution >= 4 is 44.1 Å². The lowest BCUT2D eigenvalue weighted by Gasteiger charge is -2.07. The Bertz CT molecular complexity index is 1070. The molecule has 0 aliphatic heterocycles. The van der Waals surface area contributed by atoms with Gasteiger partial charge in [0.05, 0.1) is 4.88 Å². The number of nitrogens with zero attached hydrogens (tertiary/aromatic N) is 1. The smallest absolute Gasteiger partial charge is 0.265 e. The van der Waals surface area contributed by atoms with Gasteiger partial charge in [-0.15, -0.1) is 11.3 Å². The van der Waals surface area contributed by atoms with E-state index in [-0.39, 0.29) is 5.91 Å². The number of nitrogens with one attached hydrogen (secondary N) is 1. The van der Waals surface area contributed by atoms with Gasteiger partial charge in [-0.25, -0.2) is 0 Å². The zero-order valence-electron chi connectivity index (χ0n) is 14.5. The van der Waals surface area contributed by atoms with Crippen molar-refractivity contribution in [2.24, 2.45) is 7.05 Å². The number of thiophene rings is 1. The minimum Gasteiger partial charge on any atom is -0.335 e. The third-order valence-electron chi connectivity index (χ3n) is 4.63. The Labute approximate surface area is 150 Å². The summed E-state index contributed by atoms with van der Waals surface area (Å²) >= 11 is 1.54. The predicted molar refractivity (Wildman–Crippen MR) is 107 cm³/mol. The average Bonchev–Trinajstić information content (AvgIpc) is 3.16. The summed E-state index contributed by atoms with van der Waals surface area (Å²) < 4.78 is 2.16. The highest BCUT2D eigenvalue weighted by atomic mass is 32.1. The van der Waals surface area contributed by atoms with Gasteiger partial charge in [-0.1, -0.05) is 44.2 Å². The number of amides is 1. The highest BCUT2D eigenvalue weighted by Gasteiger charge is 2.16. The van der Waals surface area contributed by atoms with Crippen LogP contribution in [0.5, 0.6) is 0 Å². The fraction of sp³-hybridized carbons (Fsp3) is 0.190. The van der Waals surface area contributed by atoms with Crippen LogP contribution in [-0.4, -0.2) is 10.5 Å². The van der Waals surface area contributed by atoms with Gasteiger partial charge in [0.2, 0.25) is 0 Å². The number of hydrogen-bond acceptors (Lipinski definition) is 2. The fourth-order valence-corrected chi connectivity index (χ4v) is 4.23. The molecule has 0 saturated heterocycles. The lowest BCUT2D eigenvalue weighted by molar-refractivity contribution is 0.103. The highest BCUT2D eigenvalue weighted by Crippen LogP contribution is 2.34. The fourth-order valence-electron chi connectivity index (χ4n) is 3.18. The summed E-state index contributed by atoms with van der Waals surface area (Å²) in [6.45, 7) is 4.32. The molecule has 2 aromatic heterocycles. The second-order valence-corrected chi connectivity index (χ2v) is 7.67. The summed E-state index contributed by atoms with van der Waals surface area (Å²) in [6, 6.07) is 18.4. The van der Waals surface area contributed by atoms with Crippen molar-refractivity contribution in [3.63, 3.8) is 0 Å². The molecule has 0 unspecified atom stereocenters. The second-order valence-electron chi connectivity index (χ2n) is 6.64. The van der Waals surface area contributed by atoms with Gasteiger partial charge >= 0.3 is 0 Å². The topological polar surface area (TPSA) is 34.0 Å². The Kier molecular flexibility index (Phi) is 3.85. The number of benzene rings is 2. The SMILES string of the molecule is CC(C)c1ccc(NC(=O)c2cc3c4ccccc4n(C)c3s2)cc1. The van der Waals surface area contributed by atoms with Crippen molar-refractivity contribution in [2.75, 3.05) is 5.32 Å². The van der Waals surface area contributed by atoms with Crippen LogP contribution >= 0.6 is 11.3 Å². The zero-order chi connectivity index (χ0) is 17.6. The maximum absolute atomic E-state index is 12.6. The molecule has 0 bridgehead atoms. The molecule has 0 radical (unpaired) electrons. The molecule has 0 fully saturated rings. The van der Waals surface area contributed by atoms with Crippen molar-refractivity contribution < 1.29 is 4.79 Å². The number of carbonyl (C=O) groups excluding carboxylic acids is 1. The van der Waals surface area contributed by atoms with E-state index in [0.29, 0.717) is 5.92 Å². The van der Waals surface area contributed by atoms with Crippen LogP contribution in [0.3, 0.4) is 0 Å². The largest absolute Gasteiger partial charge is 0.335 e. The Morgan fingerprint density at radius 2 is 1.76 bits per heavy atom. The predicted octanol–water partition coefficient (Wildman–Crippen LogP) is 5.77. The summed E-state index contributed by atoms with van der Waals surface area (Å²) in [5.74, 6) is 0.434. The molecule has 0 spiro atoms. The number of rotatable bonds is 3. The first-order valence-corrected chi connectivity index (χ1v) is 9.24. The van der Waals surface area contributed by atoms with Crippen LogP contribution in [0.1, 0.15) is 35.0 Å². The molecule has 25 heavy (non-hydrogen) atoms. The summed E-state index contributed by atoms with van der Waals surface area (Å²) in [5.41, 5.74) is 3.29. The van der Waals surface area contributed by atoms with Crippen LogP contribution in [-0.2, 0) is 7.05 Å². The Balaban J connectivity index is 1.65. The highest BCUT2D eigenvalue weighted by molar-refractivity contribution is 7.20. The van der Waals surface area contributed by atoms with E-state index in [2.05, 4.69) is 48.0 Å². The van der Waals surface area contributed by atoms with Crippen LogP contribution in [0.25, 0.3) is 21.1 Å². The first-order valence-electron chi connectivity index (χ1n) is 8.43. The van der Waals surface area contributed by atoms with Crippen molar-refractivity contribution in [2.45, 2.75) is 19.8 Å². The van der Waals surface area contributed by atoms with E-state index in [1.54, 1.807) is 0 Å². The van der Waals surface area contributed by atoms with Gasteiger partial charge in [0.15, 0.2) is 0 Å². The molecule has 0 aliphatic carbocycles. The third kappa shape index (κ3) is 2.72. The number of anilines is 1. The second kappa shape index (κ2) is 6.05. The van der Waals surface area contributed by atoms with Crippen LogP contribution in [0.4, 0.5) is 5.69 Å². The third-order valence-corrected chi connectivity index (χ3v) is 5.84. The maximum Gasteiger partial charge on any atom is 0.265 e. The number of aromatic nitrogens is 1. The molecule has 4 aromatic rings. The van der Waals surface area contributed by atoms with Crippen molar-refractivity contribution in [3.05, 3.63) is 65.0 Å². The van der Waals surface area contributed by atoms with Gasteiger partial charge in [-0.2, -0.15) is 0 Å². The molecule has 0 aliphatic rings. The lowest BCUT2D eigenvalue weighted by atomic mass is 10.0. The van der Waals surface area contributed by atoms with Gasteiger partial charge in [-0.05, 0) is 35.7 Å². The Morgan fingerprint density at radius 3 is 2.48 bits per heavy atom. The van der Waals surface area contributed by atoms with Gasteiger partial charge in [-0.3, -0.25) is 4.79 Å². The molecule has 0 atom stereocenters. The van der Waals surface area contributed by atoms with E-state index in [9.17, 15) is 4.79 Å². The van der Waals surface area contributed by atoms with Gasteiger partial charge in [0, 0.05) is 29.0 Å². The first kappa shape index (κ1) is 15.9. The number of fused-ring (bicyclic) bond motifs is 3. The lowest BCUT2D eigenvalue weighted by Crippen LogP contribution is -2.10. The van der Waals surface area contributed by atoms with Crippen LogP contribution in [0.15, 0.2) is 54.6 Å². The number of hydrogen-bond donors (Lipinski definition) is 1. The van der Waals surface area contributed by atoms with E-state index in [1.165, 1.54) is 27.8 Å². The molecular weight excluding hydrogens is 328 g/mol. The maximum atomic E-state index is 12.6. The van der Waals surface area contributed by atoms with Crippen LogP contribution in [0.2, 0.25) is 0 Å². The first-order chi connectivity index (χ1) is 12.0. The standard InChI is InChI=1S/C21H20N2OS/c1-13(2)14-8-10-15(11-9-14)22-20(24)19-12-17-16-6-4-5-7-18(16)23(3)21(17)25-19/h4-13H,1-3H3,(H,22,24). The summed E-state index contributed by atoms with van der Waals surface area (Å²) in [6.07, 6.45) is 0. The number of aryl methyl sites for hydroxylation is 1. The molecule has 1 N–H and O–H groups in total.